The minimum atomic E-state index is 0.715. The van der Waals surface area contributed by atoms with Crippen LogP contribution in [0.25, 0.3) is 16.9 Å². The van der Waals surface area contributed by atoms with Crippen molar-refractivity contribution >= 4 is 11.6 Å². The van der Waals surface area contributed by atoms with E-state index in [0.717, 1.165) is 22.6 Å². The molecule has 2 aromatic heterocycles. The number of hydrogen-bond donors (Lipinski definition) is 0. The molecule has 0 fully saturated rings. The fraction of sp³-hybridized carbons (Fsp3) is 0.0667. The Morgan fingerprint density at radius 2 is 2.00 bits per heavy atom. The molecule has 0 aliphatic heterocycles. The van der Waals surface area contributed by atoms with Gasteiger partial charge in [-0.2, -0.15) is 0 Å². The molecule has 0 aliphatic rings. The Morgan fingerprint density at radius 1 is 1.11 bits per heavy atom. The fourth-order valence-electron chi connectivity index (χ4n) is 1.95. The highest BCUT2D eigenvalue weighted by Gasteiger charge is 2.04. The molecule has 94 valence electrons. The van der Waals surface area contributed by atoms with Gasteiger partial charge in [-0.25, -0.2) is 4.98 Å². The van der Waals surface area contributed by atoms with Gasteiger partial charge in [-0.3, -0.25) is 4.98 Å². The maximum absolute atomic E-state index is 6.00. The Morgan fingerprint density at radius 3 is 2.79 bits per heavy atom. The predicted octanol–water partition coefficient (Wildman–Crippen LogP) is 3.90. The normalized spacial score (nSPS) is 10.6. The van der Waals surface area contributed by atoms with Gasteiger partial charge < -0.3 is 4.57 Å². The van der Waals surface area contributed by atoms with Gasteiger partial charge in [0, 0.05) is 34.4 Å². The molecule has 19 heavy (non-hydrogen) atoms. The summed E-state index contributed by atoms with van der Waals surface area (Å²) in [5.74, 6) is 0. The van der Waals surface area contributed by atoms with Crippen LogP contribution in [0, 0.1) is 6.92 Å². The van der Waals surface area contributed by atoms with E-state index in [1.54, 1.807) is 12.5 Å². The van der Waals surface area contributed by atoms with Gasteiger partial charge >= 0.3 is 0 Å². The molecule has 0 bridgehead atoms. The summed E-state index contributed by atoms with van der Waals surface area (Å²) in [7, 11) is 0. The van der Waals surface area contributed by atoms with Crippen LogP contribution in [0.1, 0.15) is 5.69 Å². The Labute approximate surface area is 116 Å². The maximum Gasteiger partial charge on any atom is 0.0999 e. The van der Waals surface area contributed by atoms with Gasteiger partial charge in [-0.05, 0) is 31.2 Å². The monoisotopic (exact) mass is 269 g/mol. The number of nitrogens with zero attached hydrogens (tertiary/aromatic N) is 3. The van der Waals surface area contributed by atoms with Gasteiger partial charge in [-0.1, -0.05) is 23.7 Å². The van der Waals surface area contributed by atoms with Gasteiger partial charge in [0.1, 0.15) is 0 Å². The first-order valence-corrected chi connectivity index (χ1v) is 6.33. The Hall–Kier alpha value is -2.13. The molecule has 3 aromatic rings. The van der Waals surface area contributed by atoms with E-state index in [2.05, 4.69) is 9.97 Å². The molecule has 0 saturated heterocycles. The number of aromatic nitrogens is 3. The van der Waals surface area contributed by atoms with Crippen molar-refractivity contribution in [1.29, 1.82) is 0 Å². The molecule has 0 atom stereocenters. The summed E-state index contributed by atoms with van der Waals surface area (Å²) in [6, 6.07) is 11.7. The van der Waals surface area contributed by atoms with E-state index < -0.39 is 0 Å². The van der Waals surface area contributed by atoms with Crippen molar-refractivity contribution < 1.29 is 0 Å². The van der Waals surface area contributed by atoms with Crippen LogP contribution < -0.4 is 0 Å². The van der Waals surface area contributed by atoms with E-state index in [1.807, 2.05) is 54.1 Å². The lowest BCUT2D eigenvalue weighted by molar-refractivity contribution is 1.03. The molecule has 0 radical (unpaired) electrons. The average molecular weight is 270 g/mol. The minimum absolute atomic E-state index is 0.715. The Balaban J connectivity index is 2.00. The zero-order valence-corrected chi connectivity index (χ0v) is 11.2. The van der Waals surface area contributed by atoms with Crippen LogP contribution in [-0.4, -0.2) is 14.5 Å². The van der Waals surface area contributed by atoms with Crippen LogP contribution in [0.3, 0.4) is 0 Å². The molecule has 1 aromatic carbocycles. The molecule has 2 heterocycles. The van der Waals surface area contributed by atoms with E-state index in [0.29, 0.717) is 5.02 Å². The highest BCUT2D eigenvalue weighted by atomic mass is 35.5. The highest BCUT2D eigenvalue weighted by molar-refractivity contribution is 6.30. The summed E-state index contributed by atoms with van der Waals surface area (Å²) in [5.41, 5.74) is 3.94. The van der Waals surface area contributed by atoms with Gasteiger partial charge in [-0.15, -0.1) is 0 Å². The summed E-state index contributed by atoms with van der Waals surface area (Å²) in [5, 5.41) is 0.715. The van der Waals surface area contributed by atoms with E-state index in [1.165, 1.54) is 0 Å². The van der Waals surface area contributed by atoms with E-state index in [-0.39, 0.29) is 0 Å². The van der Waals surface area contributed by atoms with Crippen molar-refractivity contribution in [2.45, 2.75) is 6.92 Å². The van der Waals surface area contributed by atoms with Crippen molar-refractivity contribution in [3.63, 3.8) is 0 Å². The van der Waals surface area contributed by atoms with Crippen molar-refractivity contribution in [3.05, 3.63) is 65.8 Å². The SMILES string of the molecule is Cc1cc(-n2cnc(-c3cccc(Cl)c3)c2)ccn1. The standard InChI is InChI=1S/C15H12ClN3/c1-11-7-14(5-6-17-11)19-9-15(18-10-19)12-3-2-4-13(16)8-12/h2-10H,1H3. The zero-order valence-electron chi connectivity index (χ0n) is 10.4. The van der Waals surface area contributed by atoms with E-state index >= 15 is 0 Å². The number of benzene rings is 1. The Bertz CT molecular complexity index is 659. The third-order valence-corrected chi connectivity index (χ3v) is 3.12. The molecule has 0 amide bonds. The smallest absolute Gasteiger partial charge is 0.0999 e. The molecule has 0 aliphatic carbocycles. The molecule has 4 heteroatoms. The molecule has 3 rings (SSSR count). The number of halogens is 1. The number of rotatable bonds is 2. The largest absolute Gasteiger partial charge is 0.306 e. The summed E-state index contributed by atoms with van der Waals surface area (Å²) >= 11 is 6.00. The molecular weight excluding hydrogens is 258 g/mol. The van der Waals surface area contributed by atoms with E-state index in [4.69, 9.17) is 11.6 Å². The lowest BCUT2D eigenvalue weighted by Gasteiger charge is -2.02. The molecule has 0 spiro atoms. The van der Waals surface area contributed by atoms with Crippen molar-refractivity contribution in [2.24, 2.45) is 0 Å². The van der Waals surface area contributed by atoms with Crippen LogP contribution in [0.4, 0.5) is 0 Å². The minimum Gasteiger partial charge on any atom is -0.306 e. The maximum atomic E-state index is 6.00. The number of aryl methyl sites for hydroxylation is 1. The second kappa shape index (κ2) is 4.86. The van der Waals surface area contributed by atoms with Gasteiger partial charge in [0.25, 0.3) is 0 Å². The van der Waals surface area contributed by atoms with E-state index in [9.17, 15) is 0 Å². The van der Waals surface area contributed by atoms with Gasteiger partial charge in [0.05, 0.1) is 12.0 Å². The van der Waals surface area contributed by atoms with Gasteiger partial charge in [0.2, 0.25) is 0 Å². The predicted molar refractivity (Wildman–Crippen MR) is 76.5 cm³/mol. The first kappa shape index (κ1) is 11.9. The topological polar surface area (TPSA) is 30.7 Å². The number of pyridine rings is 1. The zero-order chi connectivity index (χ0) is 13.2. The highest BCUT2D eigenvalue weighted by Crippen LogP contribution is 2.22. The first-order chi connectivity index (χ1) is 9.22. The van der Waals surface area contributed by atoms with Crippen molar-refractivity contribution in [3.8, 4) is 16.9 Å². The molecule has 0 unspecified atom stereocenters. The number of hydrogen-bond acceptors (Lipinski definition) is 2. The Kier molecular flexibility index (Phi) is 3.05. The summed E-state index contributed by atoms with van der Waals surface area (Å²) in [6.45, 7) is 1.97. The molecule has 0 N–H and O–H groups in total. The summed E-state index contributed by atoms with van der Waals surface area (Å²) in [6.07, 6.45) is 5.58. The van der Waals surface area contributed by atoms with Crippen LogP contribution in [0.5, 0.6) is 0 Å². The second-order valence-corrected chi connectivity index (χ2v) is 4.77. The summed E-state index contributed by atoms with van der Waals surface area (Å²) < 4.78 is 1.98. The van der Waals surface area contributed by atoms with Gasteiger partial charge in [0.15, 0.2) is 0 Å². The second-order valence-electron chi connectivity index (χ2n) is 4.33. The fourth-order valence-corrected chi connectivity index (χ4v) is 2.14. The molecule has 3 nitrogen and oxygen atoms in total. The van der Waals surface area contributed by atoms with Crippen LogP contribution in [0.2, 0.25) is 5.02 Å². The average Bonchev–Trinajstić information content (AvgIpc) is 2.88. The first-order valence-electron chi connectivity index (χ1n) is 5.95. The summed E-state index contributed by atoms with van der Waals surface area (Å²) in [4.78, 5) is 8.61. The van der Waals surface area contributed by atoms with Crippen LogP contribution >= 0.6 is 11.6 Å². The van der Waals surface area contributed by atoms with Crippen LogP contribution in [0.15, 0.2) is 55.1 Å². The third kappa shape index (κ3) is 2.51. The lowest BCUT2D eigenvalue weighted by Crippen LogP contribution is -1.91. The molecule has 0 saturated carbocycles. The lowest BCUT2D eigenvalue weighted by atomic mass is 10.2. The molecular formula is C15H12ClN3. The third-order valence-electron chi connectivity index (χ3n) is 2.88. The van der Waals surface area contributed by atoms with Crippen LogP contribution in [-0.2, 0) is 0 Å². The quantitative estimate of drug-likeness (QED) is 0.706. The van der Waals surface area contributed by atoms with Crippen molar-refractivity contribution in [2.75, 3.05) is 0 Å². The number of imidazole rings is 1. The van der Waals surface area contributed by atoms with Crippen molar-refractivity contribution in [1.82, 2.24) is 14.5 Å².